The maximum atomic E-state index is 5.64. The van der Waals surface area contributed by atoms with E-state index in [-0.39, 0.29) is 0 Å². The predicted molar refractivity (Wildman–Crippen MR) is 64.8 cm³/mol. The zero-order valence-corrected chi connectivity index (χ0v) is 10.1. The third-order valence-corrected chi connectivity index (χ3v) is 4.53. The molecular weight excluding hydrogens is 184 g/mol. The number of hydrogen-bond acceptors (Lipinski definition) is 2. The first-order valence-corrected chi connectivity index (χ1v) is 6.75. The van der Waals surface area contributed by atoms with Gasteiger partial charge in [0.25, 0.3) is 0 Å². The van der Waals surface area contributed by atoms with E-state index in [0.29, 0.717) is 6.04 Å². The molecule has 1 heterocycles. The lowest BCUT2D eigenvalue weighted by Gasteiger charge is -2.43. The van der Waals surface area contributed by atoms with E-state index in [1.165, 1.54) is 45.2 Å². The first-order chi connectivity index (χ1) is 7.31. The molecule has 1 saturated heterocycles. The molecule has 15 heavy (non-hydrogen) atoms. The molecule has 2 heteroatoms. The smallest absolute Gasteiger partial charge is 0.00790 e. The van der Waals surface area contributed by atoms with Crippen molar-refractivity contribution >= 4 is 0 Å². The zero-order chi connectivity index (χ0) is 10.7. The van der Waals surface area contributed by atoms with Crippen LogP contribution < -0.4 is 5.73 Å². The fraction of sp³-hybridized carbons (Fsp3) is 1.00. The van der Waals surface area contributed by atoms with E-state index in [1.807, 2.05) is 0 Å². The van der Waals surface area contributed by atoms with Crippen molar-refractivity contribution in [2.45, 2.75) is 51.5 Å². The van der Waals surface area contributed by atoms with E-state index < -0.39 is 0 Å². The molecule has 2 nitrogen and oxygen atoms in total. The second-order valence-corrected chi connectivity index (χ2v) is 5.51. The maximum Gasteiger partial charge on any atom is 0.00790 e. The minimum atomic E-state index is 0.706. The van der Waals surface area contributed by atoms with Gasteiger partial charge in [-0.2, -0.15) is 0 Å². The van der Waals surface area contributed by atoms with Crippen LogP contribution in [-0.4, -0.2) is 30.6 Å². The lowest BCUT2D eigenvalue weighted by atomic mass is 9.75. The molecule has 3 atom stereocenters. The maximum absolute atomic E-state index is 5.64. The highest BCUT2D eigenvalue weighted by Gasteiger charge is 2.32. The van der Waals surface area contributed by atoms with Crippen molar-refractivity contribution < 1.29 is 0 Å². The number of fused-ring (bicyclic) bond motifs is 1. The molecule has 0 aromatic carbocycles. The van der Waals surface area contributed by atoms with Gasteiger partial charge in [0, 0.05) is 12.6 Å². The summed E-state index contributed by atoms with van der Waals surface area (Å²) in [5, 5.41) is 0. The van der Waals surface area contributed by atoms with Crippen LogP contribution in [-0.2, 0) is 0 Å². The normalized spacial score (nSPS) is 34.8. The first kappa shape index (κ1) is 11.4. The van der Waals surface area contributed by atoms with Crippen LogP contribution in [0.15, 0.2) is 0 Å². The fourth-order valence-corrected chi connectivity index (χ4v) is 3.45. The number of hydrogen-bond donors (Lipinski definition) is 1. The van der Waals surface area contributed by atoms with Gasteiger partial charge in [-0.3, -0.25) is 0 Å². The van der Waals surface area contributed by atoms with Crippen molar-refractivity contribution in [2.75, 3.05) is 19.6 Å². The minimum Gasteiger partial charge on any atom is -0.330 e. The van der Waals surface area contributed by atoms with Crippen LogP contribution in [0.25, 0.3) is 0 Å². The van der Waals surface area contributed by atoms with Crippen LogP contribution in [0.3, 0.4) is 0 Å². The zero-order valence-electron chi connectivity index (χ0n) is 10.1. The van der Waals surface area contributed by atoms with Crippen molar-refractivity contribution in [2.24, 2.45) is 17.6 Å². The van der Waals surface area contributed by atoms with Gasteiger partial charge in [0.2, 0.25) is 0 Å². The largest absolute Gasteiger partial charge is 0.330 e. The van der Waals surface area contributed by atoms with Gasteiger partial charge >= 0.3 is 0 Å². The summed E-state index contributed by atoms with van der Waals surface area (Å²) in [7, 11) is 0. The van der Waals surface area contributed by atoms with Crippen LogP contribution in [0.5, 0.6) is 0 Å². The standard InChI is InChI=1S/C13H26N2/c1-11(6-8-14)15-9-7-12-4-2-3-5-13(12)10-15/h11-13H,2-10,14H2,1H3. The van der Waals surface area contributed by atoms with E-state index in [9.17, 15) is 0 Å². The second kappa shape index (κ2) is 5.31. The summed E-state index contributed by atoms with van der Waals surface area (Å²) in [5.41, 5.74) is 5.64. The number of nitrogens with zero attached hydrogens (tertiary/aromatic N) is 1. The lowest BCUT2D eigenvalue weighted by molar-refractivity contribution is 0.0600. The Kier molecular flexibility index (Phi) is 4.04. The van der Waals surface area contributed by atoms with Gasteiger partial charge in [0.05, 0.1) is 0 Å². The molecule has 0 radical (unpaired) electrons. The van der Waals surface area contributed by atoms with Crippen LogP contribution in [0.4, 0.5) is 0 Å². The average Bonchev–Trinajstić information content (AvgIpc) is 2.29. The summed E-state index contributed by atoms with van der Waals surface area (Å²) in [6.45, 7) is 5.86. The van der Waals surface area contributed by atoms with Gasteiger partial charge < -0.3 is 10.6 Å². The highest BCUT2D eigenvalue weighted by Crippen LogP contribution is 2.36. The lowest BCUT2D eigenvalue weighted by Crippen LogP contribution is -2.46. The summed E-state index contributed by atoms with van der Waals surface area (Å²) in [6, 6.07) is 0.706. The Morgan fingerprint density at radius 1 is 1.20 bits per heavy atom. The Bertz CT molecular complexity index is 193. The van der Waals surface area contributed by atoms with E-state index >= 15 is 0 Å². The molecule has 1 aliphatic heterocycles. The Morgan fingerprint density at radius 2 is 1.93 bits per heavy atom. The second-order valence-electron chi connectivity index (χ2n) is 5.51. The fourth-order valence-electron chi connectivity index (χ4n) is 3.45. The molecule has 2 aliphatic rings. The third kappa shape index (κ3) is 2.73. The molecule has 0 spiro atoms. The van der Waals surface area contributed by atoms with E-state index in [2.05, 4.69) is 11.8 Å². The molecule has 0 aromatic rings. The first-order valence-electron chi connectivity index (χ1n) is 6.75. The molecule has 88 valence electrons. The van der Waals surface area contributed by atoms with Crippen molar-refractivity contribution in [3.63, 3.8) is 0 Å². The quantitative estimate of drug-likeness (QED) is 0.774. The molecule has 3 unspecified atom stereocenters. The Labute approximate surface area is 94.2 Å². The Morgan fingerprint density at radius 3 is 2.67 bits per heavy atom. The topological polar surface area (TPSA) is 29.3 Å². The summed E-state index contributed by atoms with van der Waals surface area (Å²) >= 11 is 0. The Hall–Kier alpha value is -0.0800. The minimum absolute atomic E-state index is 0.706. The number of rotatable bonds is 3. The average molecular weight is 210 g/mol. The number of nitrogens with two attached hydrogens (primary N) is 1. The van der Waals surface area contributed by atoms with Crippen LogP contribution in [0, 0.1) is 11.8 Å². The van der Waals surface area contributed by atoms with Gasteiger partial charge in [-0.25, -0.2) is 0 Å². The molecule has 1 saturated carbocycles. The van der Waals surface area contributed by atoms with Gasteiger partial charge in [0.1, 0.15) is 0 Å². The summed E-state index contributed by atoms with van der Waals surface area (Å²) in [5.74, 6) is 2.06. The monoisotopic (exact) mass is 210 g/mol. The van der Waals surface area contributed by atoms with Crippen LogP contribution in [0.2, 0.25) is 0 Å². The SMILES string of the molecule is CC(CCN)N1CCC2CCCCC2C1. The van der Waals surface area contributed by atoms with Gasteiger partial charge in [0.15, 0.2) is 0 Å². The molecule has 0 aromatic heterocycles. The Balaban J connectivity index is 1.85. The highest BCUT2D eigenvalue weighted by molar-refractivity contribution is 4.85. The van der Waals surface area contributed by atoms with Crippen molar-refractivity contribution in [1.29, 1.82) is 0 Å². The van der Waals surface area contributed by atoms with Crippen molar-refractivity contribution in [3.05, 3.63) is 0 Å². The summed E-state index contributed by atoms with van der Waals surface area (Å²) in [6.07, 6.45) is 8.55. The van der Waals surface area contributed by atoms with Gasteiger partial charge in [-0.05, 0) is 51.1 Å². The van der Waals surface area contributed by atoms with E-state index in [0.717, 1.165) is 24.8 Å². The molecule has 2 fully saturated rings. The van der Waals surface area contributed by atoms with Crippen LogP contribution >= 0.6 is 0 Å². The predicted octanol–water partition coefficient (Wildman–Crippen LogP) is 2.24. The van der Waals surface area contributed by atoms with E-state index in [1.54, 1.807) is 0 Å². The van der Waals surface area contributed by atoms with Crippen molar-refractivity contribution in [3.8, 4) is 0 Å². The van der Waals surface area contributed by atoms with Gasteiger partial charge in [-0.1, -0.05) is 19.3 Å². The van der Waals surface area contributed by atoms with Crippen LogP contribution in [0.1, 0.15) is 45.4 Å². The van der Waals surface area contributed by atoms with Crippen molar-refractivity contribution in [1.82, 2.24) is 4.90 Å². The molecule has 2 rings (SSSR count). The van der Waals surface area contributed by atoms with E-state index in [4.69, 9.17) is 5.73 Å². The molecule has 0 bridgehead atoms. The molecule has 2 N–H and O–H groups in total. The molecule has 0 amide bonds. The highest BCUT2D eigenvalue weighted by atomic mass is 15.2. The number of piperidine rings is 1. The summed E-state index contributed by atoms with van der Waals surface area (Å²) < 4.78 is 0. The van der Waals surface area contributed by atoms with Gasteiger partial charge in [-0.15, -0.1) is 0 Å². The molecule has 1 aliphatic carbocycles. The summed E-state index contributed by atoms with van der Waals surface area (Å²) in [4.78, 5) is 2.68. The third-order valence-electron chi connectivity index (χ3n) is 4.53. The number of likely N-dealkylation sites (tertiary alicyclic amines) is 1. The molecular formula is C13H26N2.